The largest absolute Gasteiger partial charge is 0.506 e. The Hall–Kier alpha value is -2.12. The number of benzene rings is 1. The minimum Gasteiger partial charge on any atom is -0.506 e. The van der Waals surface area contributed by atoms with E-state index in [1.807, 2.05) is 0 Å². The second-order valence-electron chi connectivity index (χ2n) is 6.87. The highest BCUT2D eigenvalue weighted by Gasteiger charge is 2.28. The number of hydrogen-bond acceptors (Lipinski definition) is 7. The van der Waals surface area contributed by atoms with Crippen LogP contribution in [0.15, 0.2) is 6.07 Å². The molecule has 154 valence electrons. The number of Topliss-reactive ketones (excluding diaryl/α,β-unsaturated/α-hetero) is 2. The minimum atomic E-state index is -0.721. The number of carbonyl (C=O) groups excluding carboxylic acids is 3. The lowest BCUT2D eigenvalue weighted by Gasteiger charge is -2.20. The lowest BCUT2D eigenvalue weighted by molar-refractivity contribution is -0.123. The van der Waals surface area contributed by atoms with Gasteiger partial charge >= 0.3 is 5.97 Å². The van der Waals surface area contributed by atoms with Crippen molar-refractivity contribution in [3.8, 4) is 11.5 Å². The topological polar surface area (TPSA) is 99.1 Å². The maximum Gasteiger partial charge on any atom is 0.342 e. The molecule has 1 aliphatic rings. The molecule has 1 aromatic carbocycles. The smallest absolute Gasteiger partial charge is 0.342 e. The molecule has 2 unspecified atom stereocenters. The zero-order chi connectivity index (χ0) is 20.8. The van der Waals surface area contributed by atoms with Crippen LogP contribution in [0.5, 0.6) is 11.5 Å². The number of carbonyl (C=O) groups is 3. The van der Waals surface area contributed by atoms with Crippen LogP contribution in [0.1, 0.15) is 54.9 Å². The zero-order valence-electron chi connectivity index (χ0n) is 16.2. The van der Waals surface area contributed by atoms with E-state index < -0.39 is 18.2 Å². The van der Waals surface area contributed by atoms with Crippen molar-refractivity contribution >= 4 is 29.1 Å². The van der Waals surface area contributed by atoms with Crippen molar-refractivity contribution in [3.05, 3.63) is 22.2 Å². The molecule has 7 nitrogen and oxygen atoms in total. The Morgan fingerprint density at radius 3 is 2.46 bits per heavy atom. The normalized spacial score (nSPS) is 22.2. The van der Waals surface area contributed by atoms with E-state index in [1.54, 1.807) is 6.92 Å². The summed E-state index contributed by atoms with van der Waals surface area (Å²) >= 11 is 6.21. The van der Waals surface area contributed by atoms with E-state index in [0.717, 1.165) is 0 Å². The molecule has 2 atom stereocenters. The van der Waals surface area contributed by atoms with Crippen molar-refractivity contribution in [1.82, 2.24) is 0 Å². The molecule has 0 radical (unpaired) electrons. The summed E-state index contributed by atoms with van der Waals surface area (Å²) in [6, 6.07) is 1.21. The van der Waals surface area contributed by atoms with Gasteiger partial charge in [-0.15, -0.1) is 0 Å². The van der Waals surface area contributed by atoms with Gasteiger partial charge in [-0.05, 0) is 19.8 Å². The van der Waals surface area contributed by atoms with Gasteiger partial charge in [0.25, 0.3) is 0 Å². The maximum absolute atomic E-state index is 12.8. The first-order chi connectivity index (χ1) is 13.3. The second-order valence-corrected chi connectivity index (χ2v) is 7.25. The third-order valence-electron chi connectivity index (χ3n) is 4.78. The van der Waals surface area contributed by atoms with E-state index in [1.165, 1.54) is 20.3 Å². The molecular weight excluding hydrogens is 388 g/mol. The fourth-order valence-corrected chi connectivity index (χ4v) is 3.38. The quantitative estimate of drug-likeness (QED) is 0.744. The van der Waals surface area contributed by atoms with Crippen molar-refractivity contribution in [3.63, 3.8) is 0 Å². The third kappa shape index (κ3) is 5.45. The summed E-state index contributed by atoms with van der Waals surface area (Å²) in [5.41, 5.74) is 0.159. The number of ketones is 2. The Morgan fingerprint density at radius 1 is 1.14 bits per heavy atom. The van der Waals surface area contributed by atoms with Gasteiger partial charge in [0.15, 0.2) is 0 Å². The Balaban J connectivity index is 2.48. The van der Waals surface area contributed by atoms with Crippen LogP contribution in [-0.4, -0.2) is 49.1 Å². The molecular formula is C20H25ClO7. The van der Waals surface area contributed by atoms with Gasteiger partial charge in [-0.3, -0.25) is 9.59 Å². The van der Waals surface area contributed by atoms with Crippen LogP contribution < -0.4 is 4.74 Å². The number of aromatic hydroxyl groups is 1. The number of phenols is 1. The summed E-state index contributed by atoms with van der Waals surface area (Å²) in [5, 5.41) is 9.98. The van der Waals surface area contributed by atoms with Gasteiger partial charge in [0.1, 0.15) is 28.6 Å². The van der Waals surface area contributed by atoms with Crippen LogP contribution in [0.25, 0.3) is 0 Å². The SMILES string of the molecule is COc1cc(O)c(Cl)c2c1C(=O)OC(C)CCC(=O)CCC(OC)CC(=O)C2. The van der Waals surface area contributed by atoms with Crippen LogP contribution in [-0.2, 0) is 25.5 Å². The molecule has 1 aliphatic heterocycles. The molecule has 8 heteroatoms. The molecule has 0 saturated heterocycles. The Bertz CT molecular complexity index is 759. The van der Waals surface area contributed by atoms with E-state index in [2.05, 4.69) is 0 Å². The van der Waals surface area contributed by atoms with Gasteiger partial charge < -0.3 is 19.3 Å². The van der Waals surface area contributed by atoms with Crippen LogP contribution in [0.3, 0.4) is 0 Å². The van der Waals surface area contributed by atoms with Crippen molar-refractivity contribution in [2.45, 2.75) is 57.7 Å². The number of rotatable bonds is 2. The first-order valence-electron chi connectivity index (χ1n) is 9.12. The number of fused-ring (bicyclic) bond motifs is 1. The molecule has 0 saturated carbocycles. The van der Waals surface area contributed by atoms with E-state index in [0.29, 0.717) is 19.3 Å². The van der Waals surface area contributed by atoms with Gasteiger partial charge in [0.2, 0.25) is 0 Å². The number of phenolic OH excluding ortho intramolecular Hbond substituents is 1. The molecule has 2 rings (SSSR count). The van der Waals surface area contributed by atoms with Gasteiger partial charge in [0, 0.05) is 44.4 Å². The van der Waals surface area contributed by atoms with Gasteiger partial charge in [-0.25, -0.2) is 4.79 Å². The number of esters is 1. The first-order valence-corrected chi connectivity index (χ1v) is 9.50. The molecule has 0 bridgehead atoms. The molecule has 0 aliphatic carbocycles. The minimum absolute atomic E-state index is 0.00264. The number of hydrogen-bond donors (Lipinski definition) is 1. The number of methoxy groups -OCH3 is 2. The van der Waals surface area contributed by atoms with E-state index in [4.69, 9.17) is 25.8 Å². The predicted octanol–water partition coefficient (Wildman–Crippen LogP) is 3.26. The average Bonchev–Trinajstić information content (AvgIpc) is 2.65. The maximum atomic E-state index is 12.8. The highest BCUT2D eigenvalue weighted by Crippen LogP contribution is 2.38. The Kier molecular flexibility index (Phi) is 7.83. The predicted molar refractivity (Wildman–Crippen MR) is 102 cm³/mol. The highest BCUT2D eigenvalue weighted by molar-refractivity contribution is 6.33. The molecule has 0 aromatic heterocycles. The van der Waals surface area contributed by atoms with Crippen LogP contribution in [0, 0.1) is 0 Å². The van der Waals surface area contributed by atoms with Crippen molar-refractivity contribution < 1.29 is 33.7 Å². The van der Waals surface area contributed by atoms with Crippen LogP contribution in [0.2, 0.25) is 5.02 Å². The van der Waals surface area contributed by atoms with E-state index in [9.17, 15) is 19.5 Å². The monoisotopic (exact) mass is 412 g/mol. The highest BCUT2D eigenvalue weighted by atomic mass is 35.5. The van der Waals surface area contributed by atoms with E-state index >= 15 is 0 Å². The Labute approximate surface area is 168 Å². The summed E-state index contributed by atoms with van der Waals surface area (Å²) in [7, 11) is 2.83. The third-order valence-corrected chi connectivity index (χ3v) is 5.20. The molecule has 0 spiro atoms. The summed E-state index contributed by atoms with van der Waals surface area (Å²) in [5.74, 6) is -1.16. The molecule has 0 fully saturated rings. The summed E-state index contributed by atoms with van der Waals surface area (Å²) < 4.78 is 16.0. The van der Waals surface area contributed by atoms with Crippen LogP contribution in [0.4, 0.5) is 0 Å². The molecule has 28 heavy (non-hydrogen) atoms. The molecule has 1 heterocycles. The second kappa shape index (κ2) is 9.89. The standard InChI is InChI=1S/C20H25ClO7/c1-11-4-5-12(22)6-7-14(26-2)8-13(23)9-15-18(20(25)28-11)17(27-3)10-16(24)19(15)21/h10-11,14,24H,4-9H2,1-3H3. The van der Waals surface area contributed by atoms with Gasteiger partial charge in [0.05, 0.1) is 24.3 Å². The molecule has 1 aromatic rings. The number of halogens is 1. The summed E-state index contributed by atoms with van der Waals surface area (Å²) in [6.45, 7) is 1.69. The fraction of sp³-hybridized carbons (Fsp3) is 0.550. The van der Waals surface area contributed by atoms with Crippen molar-refractivity contribution in [2.24, 2.45) is 0 Å². The summed E-state index contributed by atoms with van der Waals surface area (Å²) in [4.78, 5) is 37.4. The van der Waals surface area contributed by atoms with Crippen molar-refractivity contribution in [2.75, 3.05) is 14.2 Å². The first kappa shape index (κ1) is 22.2. The number of ether oxygens (including phenoxy) is 3. The molecule has 0 amide bonds. The average molecular weight is 413 g/mol. The molecule has 1 N–H and O–H groups in total. The number of cyclic esters (lactones) is 1. The van der Waals surface area contributed by atoms with Gasteiger partial charge in [-0.1, -0.05) is 11.6 Å². The fourth-order valence-electron chi connectivity index (χ4n) is 3.16. The van der Waals surface area contributed by atoms with E-state index in [-0.39, 0.29) is 58.5 Å². The van der Waals surface area contributed by atoms with Crippen molar-refractivity contribution in [1.29, 1.82) is 0 Å². The van der Waals surface area contributed by atoms with Gasteiger partial charge in [-0.2, -0.15) is 0 Å². The summed E-state index contributed by atoms with van der Waals surface area (Å²) in [6.07, 6.45) is 0.296. The lowest BCUT2D eigenvalue weighted by atomic mass is 9.96. The lowest BCUT2D eigenvalue weighted by Crippen LogP contribution is -2.23. The zero-order valence-corrected chi connectivity index (χ0v) is 17.0. The van der Waals surface area contributed by atoms with Crippen LogP contribution >= 0.6 is 11.6 Å². The Morgan fingerprint density at radius 2 is 1.82 bits per heavy atom.